The van der Waals surface area contributed by atoms with Crippen LogP contribution in [0.2, 0.25) is 0 Å². The van der Waals surface area contributed by atoms with Crippen LogP contribution in [0.4, 0.5) is 0 Å². The van der Waals surface area contributed by atoms with Crippen LogP contribution in [-0.4, -0.2) is 27.2 Å². The van der Waals surface area contributed by atoms with Gasteiger partial charge in [0, 0.05) is 12.5 Å². The number of fused-ring (bicyclic) bond motifs is 1. The first kappa shape index (κ1) is 19.8. The van der Waals surface area contributed by atoms with E-state index in [1.165, 1.54) is 22.8 Å². The van der Waals surface area contributed by atoms with Crippen LogP contribution in [0, 0.1) is 0 Å². The van der Waals surface area contributed by atoms with Crippen molar-refractivity contribution in [1.29, 1.82) is 0 Å². The minimum absolute atomic E-state index is 0.260. The van der Waals surface area contributed by atoms with E-state index in [1.807, 2.05) is 31.2 Å². The minimum atomic E-state index is -0.436. The second-order valence-electron chi connectivity index (χ2n) is 6.52. The lowest BCUT2D eigenvalue weighted by Gasteiger charge is -2.07. The molecule has 0 amide bonds. The number of nitrogens with zero attached hydrogens (tertiary/aromatic N) is 3. The van der Waals surface area contributed by atoms with Crippen LogP contribution in [0.1, 0.15) is 25.8 Å². The molecule has 0 unspecified atom stereocenters. The first-order chi connectivity index (χ1) is 14.6. The fourth-order valence-electron chi connectivity index (χ4n) is 2.93. The maximum atomic E-state index is 12.9. The van der Waals surface area contributed by atoms with Crippen LogP contribution in [0.5, 0.6) is 11.5 Å². The van der Waals surface area contributed by atoms with E-state index in [0.29, 0.717) is 33.2 Å². The number of benzene rings is 2. The number of aromatic nitrogens is 3. The molecule has 0 bridgehead atoms. The second kappa shape index (κ2) is 8.46. The summed E-state index contributed by atoms with van der Waals surface area (Å²) in [6.07, 6.45) is 2.69. The highest BCUT2D eigenvalue weighted by Gasteiger charge is 2.16. The third kappa shape index (κ3) is 3.95. The monoisotopic (exact) mass is 421 g/mol. The number of rotatable bonds is 6. The van der Waals surface area contributed by atoms with Gasteiger partial charge < -0.3 is 9.47 Å². The van der Waals surface area contributed by atoms with E-state index in [9.17, 15) is 9.59 Å². The highest BCUT2D eigenvalue weighted by Crippen LogP contribution is 2.28. The normalized spacial score (nSPS) is 11.7. The van der Waals surface area contributed by atoms with Crippen molar-refractivity contribution in [2.45, 2.75) is 20.3 Å². The first-order valence-electron chi connectivity index (χ1n) is 9.47. The molecule has 4 aromatic rings. The van der Waals surface area contributed by atoms with Gasteiger partial charge in [-0.25, -0.2) is 0 Å². The Labute approximate surface area is 176 Å². The topological polar surface area (TPSA) is 82.8 Å². The summed E-state index contributed by atoms with van der Waals surface area (Å²) in [6, 6.07) is 14.5. The lowest BCUT2D eigenvalue weighted by Crippen LogP contribution is -2.23. The van der Waals surface area contributed by atoms with Gasteiger partial charge in [0.2, 0.25) is 4.96 Å². The molecule has 0 aliphatic rings. The SMILES string of the molecule is CCCOc1ccccc1/C=c1/sc2nc(-c3ccccc3OC(C)=O)nn2c1=O. The van der Waals surface area contributed by atoms with Gasteiger partial charge in [-0.3, -0.25) is 9.59 Å². The highest BCUT2D eigenvalue weighted by atomic mass is 32.1. The smallest absolute Gasteiger partial charge is 0.308 e. The Morgan fingerprint density at radius 1 is 1.13 bits per heavy atom. The van der Waals surface area contributed by atoms with Crippen molar-refractivity contribution in [2.75, 3.05) is 6.61 Å². The average molecular weight is 421 g/mol. The number of carbonyl (C=O) groups excluding carboxylic acids is 1. The van der Waals surface area contributed by atoms with Gasteiger partial charge in [-0.2, -0.15) is 9.50 Å². The zero-order valence-electron chi connectivity index (χ0n) is 16.5. The number of thiazole rings is 1. The summed E-state index contributed by atoms with van der Waals surface area (Å²) < 4.78 is 12.8. The molecule has 4 rings (SSSR count). The van der Waals surface area contributed by atoms with Crippen LogP contribution in [0.15, 0.2) is 53.3 Å². The summed E-state index contributed by atoms with van der Waals surface area (Å²) in [6.45, 7) is 3.98. The van der Waals surface area contributed by atoms with Crippen LogP contribution >= 0.6 is 11.3 Å². The van der Waals surface area contributed by atoms with Gasteiger partial charge >= 0.3 is 5.97 Å². The number of para-hydroxylation sites is 2. The zero-order chi connectivity index (χ0) is 21.1. The maximum Gasteiger partial charge on any atom is 0.308 e. The molecule has 0 aliphatic carbocycles. The Kier molecular flexibility index (Phi) is 5.58. The summed E-state index contributed by atoms with van der Waals surface area (Å²) in [5, 5.41) is 4.35. The van der Waals surface area contributed by atoms with Crippen molar-refractivity contribution in [3.05, 3.63) is 69.0 Å². The molecular weight excluding hydrogens is 402 g/mol. The number of esters is 1. The molecule has 2 heterocycles. The molecule has 152 valence electrons. The predicted octanol–water partition coefficient (Wildman–Crippen LogP) is 3.08. The first-order valence-corrected chi connectivity index (χ1v) is 10.3. The molecule has 0 spiro atoms. The summed E-state index contributed by atoms with van der Waals surface area (Å²) in [7, 11) is 0. The molecule has 0 saturated carbocycles. The molecule has 0 aliphatic heterocycles. The summed E-state index contributed by atoms with van der Waals surface area (Å²) in [4.78, 5) is 29.2. The summed E-state index contributed by atoms with van der Waals surface area (Å²) >= 11 is 1.24. The number of carbonyl (C=O) groups is 1. The van der Waals surface area contributed by atoms with E-state index in [1.54, 1.807) is 30.3 Å². The van der Waals surface area contributed by atoms with E-state index < -0.39 is 5.97 Å². The zero-order valence-corrected chi connectivity index (χ0v) is 17.3. The maximum absolute atomic E-state index is 12.9. The number of ether oxygens (including phenoxy) is 2. The number of hydrogen-bond acceptors (Lipinski definition) is 7. The van der Waals surface area contributed by atoms with E-state index >= 15 is 0 Å². The van der Waals surface area contributed by atoms with Gasteiger partial charge in [0.25, 0.3) is 5.56 Å². The Bertz CT molecular complexity index is 1330. The minimum Gasteiger partial charge on any atom is -0.493 e. The van der Waals surface area contributed by atoms with Gasteiger partial charge in [0.15, 0.2) is 5.82 Å². The van der Waals surface area contributed by atoms with E-state index in [0.717, 1.165) is 17.7 Å². The van der Waals surface area contributed by atoms with E-state index in [2.05, 4.69) is 10.1 Å². The lowest BCUT2D eigenvalue weighted by atomic mass is 10.2. The van der Waals surface area contributed by atoms with Gasteiger partial charge in [0.1, 0.15) is 11.5 Å². The second-order valence-corrected chi connectivity index (χ2v) is 7.53. The molecule has 2 aromatic heterocycles. The van der Waals surface area contributed by atoms with Crippen LogP contribution in [0.25, 0.3) is 22.4 Å². The molecule has 7 nitrogen and oxygen atoms in total. The largest absolute Gasteiger partial charge is 0.493 e. The third-order valence-corrected chi connectivity index (χ3v) is 5.19. The Balaban J connectivity index is 1.76. The molecule has 8 heteroatoms. The molecule has 0 saturated heterocycles. The quantitative estimate of drug-likeness (QED) is 0.351. The molecule has 0 radical (unpaired) electrons. The van der Waals surface area contributed by atoms with E-state index in [4.69, 9.17) is 9.47 Å². The van der Waals surface area contributed by atoms with Crippen molar-refractivity contribution >= 4 is 28.3 Å². The van der Waals surface area contributed by atoms with Crippen molar-refractivity contribution in [3.8, 4) is 22.9 Å². The lowest BCUT2D eigenvalue weighted by molar-refractivity contribution is -0.131. The Hall–Kier alpha value is -3.52. The average Bonchev–Trinajstić information content (AvgIpc) is 3.27. The fourth-order valence-corrected chi connectivity index (χ4v) is 3.83. The predicted molar refractivity (Wildman–Crippen MR) is 115 cm³/mol. The highest BCUT2D eigenvalue weighted by molar-refractivity contribution is 7.15. The van der Waals surface area contributed by atoms with Crippen LogP contribution in [0.3, 0.4) is 0 Å². The van der Waals surface area contributed by atoms with Crippen molar-refractivity contribution < 1.29 is 14.3 Å². The van der Waals surface area contributed by atoms with Crippen LogP contribution in [-0.2, 0) is 4.79 Å². The van der Waals surface area contributed by atoms with Crippen molar-refractivity contribution in [1.82, 2.24) is 14.6 Å². The van der Waals surface area contributed by atoms with Crippen molar-refractivity contribution in [2.24, 2.45) is 0 Å². The molecule has 30 heavy (non-hydrogen) atoms. The van der Waals surface area contributed by atoms with Gasteiger partial charge in [-0.15, -0.1) is 5.10 Å². The molecule has 0 atom stereocenters. The van der Waals surface area contributed by atoms with Crippen LogP contribution < -0.4 is 19.6 Å². The van der Waals surface area contributed by atoms with Gasteiger partial charge in [-0.05, 0) is 30.7 Å². The summed E-state index contributed by atoms with van der Waals surface area (Å²) in [5.74, 6) is 0.973. The standard InChI is InChI=1S/C22H19N3O4S/c1-3-12-28-17-10-6-4-8-15(17)13-19-21(27)25-22(30-19)23-20(24-25)16-9-5-7-11-18(16)29-14(2)26/h4-11,13H,3,12H2,1-2H3/b19-13+. The van der Waals surface area contributed by atoms with Crippen molar-refractivity contribution in [3.63, 3.8) is 0 Å². The van der Waals surface area contributed by atoms with Gasteiger partial charge in [-0.1, -0.05) is 48.6 Å². The number of hydrogen-bond donors (Lipinski definition) is 0. The Morgan fingerprint density at radius 2 is 1.87 bits per heavy atom. The third-order valence-electron chi connectivity index (χ3n) is 4.23. The fraction of sp³-hybridized carbons (Fsp3) is 0.182. The molecule has 0 fully saturated rings. The summed E-state index contributed by atoms with van der Waals surface area (Å²) in [5.41, 5.74) is 1.11. The molecule has 2 aromatic carbocycles. The van der Waals surface area contributed by atoms with E-state index in [-0.39, 0.29) is 5.56 Å². The molecule has 0 N–H and O–H groups in total. The Morgan fingerprint density at radius 3 is 2.60 bits per heavy atom. The molecular formula is C22H19N3O4S. The van der Waals surface area contributed by atoms with Gasteiger partial charge in [0.05, 0.1) is 16.7 Å².